The van der Waals surface area contributed by atoms with Gasteiger partial charge in [-0.15, -0.1) is 0 Å². The molecule has 1 heterocycles. The van der Waals surface area contributed by atoms with Gasteiger partial charge in [0, 0.05) is 12.3 Å². The minimum atomic E-state index is -0.302. The van der Waals surface area contributed by atoms with Crippen molar-refractivity contribution in [3.63, 3.8) is 0 Å². The third-order valence-electron chi connectivity index (χ3n) is 5.42. The Morgan fingerprint density at radius 2 is 1.76 bits per heavy atom. The molecule has 1 N–H and O–H groups in total. The average Bonchev–Trinajstić information content (AvgIpc) is 2.49. The summed E-state index contributed by atoms with van der Waals surface area (Å²) in [5.41, 5.74) is -0.302. The van der Waals surface area contributed by atoms with E-state index >= 15 is 0 Å². The Bertz CT molecular complexity index is 315. The second kappa shape index (κ2) is 8.17. The van der Waals surface area contributed by atoms with Gasteiger partial charge in [0.05, 0.1) is 0 Å². The van der Waals surface area contributed by atoms with Gasteiger partial charge in [-0.3, -0.25) is 4.79 Å². The van der Waals surface area contributed by atoms with Crippen LogP contribution in [-0.4, -0.2) is 24.7 Å². The maximum absolute atomic E-state index is 12.1. The highest BCUT2D eigenvalue weighted by Gasteiger charge is 2.33. The first-order valence-electron chi connectivity index (χ1n) is 9.00. The number of carbonyl (C=O) groups is 1. The van der Waals surface area contributed by atoms with Crippen LogP contribution in [0.4, 0.5) is 0 Å². The number of nitrogens with one attached hydrogen (secondary N) is 1. The monoisotopic (exact) mass is 295 g/mol. The number of rotatable bonds is 6. The first-order valence-corrected chi connectivity index (χ1v) is 9.00. The highest BCUT2D eigenvalue weighted by atomic mass is 16.6. The summed E-state index contributed by atoms with van der Waals surface area (Å²) in [5, 5.41) is 3.37. The quantitative estimate of drug-likeness (QED) is 0.751. The van der Waals surface area contributed by atoms with Crippen LogP contribution in [-0.2, 0) is 9.53 Å². The van der Waals surface area contributed by atoms with E-state index in [0.29, 0.717) is 12.3 Å². The number of ether oxygens (including phenoxy) is 1. The van der Waals surface area contributed by atoms with Crippen molar-refractivity contribution in [2.45, 2.75) is 83.7 Å². The van der Waals surface area contributed by atoms with Crippen molar-refractivity contribution < 1.29 is 9.53 Å². The van der Waals surface area contributed by atoms with Gasteiger partial charge in [0.25, 0.3) is 0 Å². The topological polar surface area (TPSA) is 38.3 Å². The van der Waals surface area contributed by atoms with E-state index in [1.165, 1.54) is 38.5 Å². The van der Waals surface area contributed by atoms with Gasteiger partial charge < -0.3 is 10.1 Å². The van der Waals surface area contributed by atoms with Crippen molar-refractivity contribution >= 4 is 5.97 Å². The number of piperidine rings is 1. The maximum Gasteiger partial charge on any atom is 0.306 e. The molecule has 0 bridgehead atoms. The molecule has 1 saturated heterocycles. The molecule has 2 rings (SSSR count). The summed E-state index contributed by atoms with van der Waals surface area (Å²) in [6.45, 7) is 6.27. The molecule has 3 heteroatoms. The molecule has 1 aliphatic heterocycles. The lowest BCUT2D eigenvalue weighted by Crippen LogP contribution is -2.42. The van der Waals surface area contributed by atoms with Crippen LogP contribution in [0.15, 0.2) is 0 Å². The SMILES string of the molecule is CC(C)(OC(=O)CCCC1CCCCC1)C1CCNCC1. The third-order valence-corrected chi connectivity index (χ3v) is 5.42. The molecule has 0 aromatic rings. The van der Waals surface area contributed by atoms with Crippen LogP contribution >= 0.6 is 0 Å². The smallest absolute Gasteiger partial charge is 0.306 e. The molecular formula is C18H33NO2. The van der Waals surface area contributed by atoms with Gasteiger partial charge in [0.15, 0.2) is 0 Å². The fourth-order valence-electron chi connectivity index (χ4n) is 3.96. The van der Waals surface area contributed by atoms with E-state index < -0.39 is 0 Å². The molecule has 0 unspecified atom stereocenters. The Labute approximate surface area is 130 Å². The van der Waals surface area contributed by atoms with Crippen LogP contribution in [0.2, 0.25) is 0 Å². The molecule has 2 aliphatic rings. The molecule has 1 saturated carbocycles. The molecule has 2 fully saturated rings. The fourth-order valence-corrected chi connectivity index (χ4v) is 3.96. The number of esters is 1. The van der Waals surface area contributed by atoms with Crippen molar-refractivity contribution in [1.29, 1.82) is 0 Å². The molecule has 122 valence electrons. The van der Waals surface area contributed by atoms with Crippen molar-refractivity contribution in [1.82, 2.24) is 5.32 Å². The predicted octanol–water partition coefficient (Wildman–Crippen LogP) is 4.06. The molecule has 0 atom stereocenters. The van der Waals surface area contributed by atoms with Gasteiger partial charge in [-0.2, -0.15) is 0 Å². The van der Waals surface area contributed by atoms with E-state index in [1.807, 2.05) is 0 Å². The molecular weight excluding hydrogens is 262 g/mol. The lowest BCUT2D eigenvalue weighted by Gasteiger charge is -2.36. The van der Waals surface area contributed by atoms with Gasteiger partial charge in [0.2, 0.25) is 0 Å². The highest BCUT2D eigenvalue weighted by molar-refractivity contribution is 5.69. The van der Waals surface area contributed by atoms with Gasteiger partial charge in [0.1, 0.15) is 5.60 Å². The minimum Gasteiger partial charge on any atom is -0.459 e. The zero-order chi connectivity index (χ0) is 15.1. The van der Waals surface area contributed by atoms with E-state index in [4.69, 9.17) is 4.74 Å². The van der Waals surface area contributed by atoms with Crippen LogP contribution in [0.25, 0.3) is 0 Å². The van der Waals surface area contributed by atoms with Crippen LogP contribution in [0.3, 0.4) is 0 Å². The zero-order valence-corrected chi connectivity index (χ0v) is 14.0. The Morgan fingerprint density at radius 3 is 2.43 bits per heavy atom. The summed E-state index contributed by atoms with van der Waals surface area (Å²) in [6.07, 6.45) is 12.0. The van der Waals surface area contributed by atoms with E-state index in [-0.39, 0.29) is 11.6 Å². The van der Waals surface area contributed by atoms with Crippen LogP contribution in [0.1, 0.15) is 78.1 Å². The van der Waals surface area contributed by atoms with Gasteiger partial charge in [-0.1, -0.05) is 32.1 Å². The number of hydrogen-bond donors (Lipinski definition) is 1. The second-order valence-corrected chi connectivity index (χ2v) is 7.50. The maximum atomic E-state index is 12.1. The predicted molar refractivity (Wildman–Crippen MR) is 86.2 cm³/mol. The van der Waals surface area contributed by atoms with Crippen molar-refractivity contribution in [3.05, 3.63) is 0 Å². The third kappa shape index (κ3) is 5.61. The normalized spacial score (nSPS) is 22.2. The molecule has 3 nitrogen and oxygen atoms in total. The van der Waals surface area contributed by atoms with Gasteiger partial charge >= 0.3 is 5.97 Å². The first kappa shape index (κ1) is 16.8. The molecule has 21 heavy (non-hydrogen) atoms. The molecule has 0 radical (unpaired) electrons. The Hall–Kier alpha value is -0.570. The zero-order valence-electron chi connectivity index (χ0n) is 14.0. The van der Waals surface area contributed by atoms with E-state index in [1.54, 1.807) is 0 Å². The molecule has 1 aliphatic carbocycles. The fraction of sp³-hybridized carbons (Fsp3) is 0.944. The van der Waals surface area contributed by atoms with Crippen LogP contribution in [0, 0.1) is 11.8 Å². The molecule has 0 spiro atoms. The molecule has 0 aromatic carbocycles. The average molecular weight is 295 g/mol. The Morgan fingerprint density at radius 1 is 1.10 bits per heavy atom. The van der Waals surface area contributed by atoms with E-state index in [2.05, 4.69) is 19.2 Å². The number of carbonyl (C=O) groups excluding carboxylic acids is 1. The van der Waals surface area contributed by atoms with Gasteiger partial charge in [-0.05, 0) is 58.5 Å². The summed E-state index contributed by atoms with van der Waals surface area (Å²) in [5.74, 6) is 1.37. The summed E-state index contributed by atoms with van der Waals surface area (Å²) < 4.78 is 5.80. The lowest BCUT2D eigenvalue weighted by atomic mass is 9.83. The van der Waals surface area contributed by atoms with Crippen LogP contribution in [0.5, 0.6) is 0 Å². The largest absolute Gasteiger partial charge is 0.459 e. The van der Waals surface area contributed by atoms with Gasteiger partial charge in [-0.25, -0.2) is 0 Å². The second-order valence-electron chi connectivity index (χ2n) is 7.50. The Kier molecular flexibility index (Phi) is 6.53. The van der Waals surface area contributed by atoms with Crippen molar-refractivity contribution in [2.75, 3.05) is 13.1 Å². The summed E-state index contributed by atoms with van der Waals surface area (Å²) in [6, 6.07) is 0. The molecule has 0 aromatic heterocycles. The summed E-state index contributed by atoms with van der Waals surface area (Å²) in [4.78, 5) is 12.1. The summed E-state index contributed by atoms with van der Waals surface area (Å²) in [7, 11) is 0. The lowest BCUT2D eigenvalue weighted by molar-refractivity contribution is -0.163. The first-order chi connectivity index (χ1) is 10.1. The van der Waals surface area contributed by atoms with E-state index in [0.717, 1.165) is 38.3 Å². The van der Waals surface area contributed by atoms with Crippen LogP contribution < -0.4 is 5.32 Å². The minimum absolute atomic E-state index is 0.00865. The van der Waals surface area contributed by atoms with Crippen molar-refractivity contribution in [3.8, 4) is 0 Å². The molecule has 0 amide bonds. The standard InChI is InChI=1S/C18H33NO2/c1-18(2,16-11-13-19-14-12-16)21-17(20)10-6-9-15-7-4-3-5-8-15/h15-16,19H,3-14H2,1-2H3. The number of hydrogen-bond acceptors (Lipinski definition) is 3. The van der Waals surface area contributed by atoms with Crippen molar-refractivity contribution in [2.24, 2.45) is 11.8 Å². The Balaban J connectivity index is 1.65. The highest BCUT2D eigenvalue weighted by Crippen LogP contribution is 2.30. The van der Waals surface area contributed by atoms with E-state index in [9.17, 15) is 4.79 Å². The summed E-state index contributed by atoms with van der Waals surface area (Å²) >= 11 is 0.